The number of rotatable bonds is 4. The maximum absolute atomic E-state index is 6.63. The Kier molecular flexibility index (Phi) is 5.93. The van der Waals surface area contributed by atoms with Crippen molar-refractivity contribution in [3.05, 3.63) is 163 Å². The maximum atomic E-state index is 6.63. The minimum absolute atomic E-state index is 0.0999. The van der Waals surface area contributed by atoms with Gasteiger partial charge in [0.1, 0.15) is 23.0 Å². The Labute approximate surface area is 276 Å². The lowest BCUT2D eigenvalue weighted by atomic mass is 9.80. The van der Waals surface area contributed by atoms with E-state index < -0.39 is 0 Å². The van der Waals surface area contributed by atoms with Gasteiger partial charge >= 0.3 is 0 Å². The summed E-state index contributed by atoms with van der Waals surface area (Å²) < 4.78 is 12.9. The van der Waals surface area contributed by atoms with Gasteiger partial charge in [-0.15, -0.1) is 0 Å². The molecule has 3 heterocycles. The van der Waals surface area contributed by atoms with Gasteiger partial charge in [-0.1, -0.05) is 121 Å². The standard InChI is InChI=1S/C43H27N3O2/c1-2-12-27(13-3-1)41-44-42(32-17-9-20-35-38(32)31-15-6-7-19-34(31)47-35)46-43(45-41)33-18-10-22-37-40(33)39-30(16-8-21-36(39)48-37)29-24-23-26-11-4-5-14-28(26)25-29/h1-25,37,40H. The quantitative estimate of drug-likeness (QED) is 0.197. The molecule has 0 N–H and O–H groups in total. The third-order valence-corrected chi connectivity index (χ3v) is 9.51. The number of para-hydroxylation sites is 1. The van der Waals surface area contributed by atoms with Gasteiger partial charge in [-0.2, -0.15) is 0 Å². The molecule has 0 saturated carbocycles. The van der Waals surface area contributed by atoms with Crippen molar-refractivity contribution >= 4 is 38.3 Å². The summed E-state index contributed by atoms with van der Waals surface area (Å²) >= 11 is 0. The van der Waals surface area contributed by atoms with Crippen LogP contribution in [0.1, 0.15) is 17.3 Å². The molecule has 0 fully saturated rings. The topological polar surface area (TPSA) is 61.0 Å². The number of benzene rings is 6. The lowest BCUT2D eigenvalue weighted by molar-refractivity contribution is 0.271. The fraction of sp³-hybridized carbons (Fsp3) is 0.0465. The Hall–Kier alpha value is -6.33. The van der Waals surface area contributed by atoms with E-state index in [1.54, 1.807) is 0 Å². The molecule has 5 heteroatoms. The molecule has 2 atom stereocenters. The maximum Gasteiger partial charge on any atom is 0.164 e. The number of fused-ring (bicyclic) bond motifs is 7. The second kappa shape index (κ2) is 10.6. The molecule has 0 saturated heterocycles. The van der Waals surface area contributed by atoms with Crippen LogP contribution in [0.4, 0.5) is 0 Å². The summed E-state index contributed by atoms with van der Waals surface area (Å²) in [5, 5.41) is 4.45. The minimum Gasteiger partial charge on any atom is -0.485 e. The van der Waals surface area contributed by atoms with E-state index in [2.05, 4.69) is 91.0 Å². The minimum atomic E-state index is -0.178. The normalized spacial score (nSPS) is 16.5. The molecule has 1 aliphatic heterocycles. The number of aromatic nitrogens is 3. The van der Waals surface area contributed by atoms with Crippen molar-refractivity contribution in [3.63, 3.8) is 0 Å². The number of hydrogen-bond donors (Lipinski definition) is 0. The summed E-state index contributed by atoms with van der Waals surface area (Å²) in [5.74, 6) is 2.64. The lowest BCUT2D eigenvalue weighted by Gasteiger charge is -2.23. The molecule has 5 nitrogen and oxygen atoms in total. The van der Waals surface area contributed by atoms with Crippen LogP contribution in [-0.4, -0.2) is 21.1 Å². The molecule has 1 aliphatic carbocycles. The third kappa shape index (κ3) is 4.21. The van der Waals surface area contributed by atoms with Gasteiger partial charge in [-0.3, -0.25) is 0 Å². The van der Waals surface area contributed by atoms with Crippen molar-refractivity contribution in [2.45, 2.75) is 12.0 Å². The predicted molar refractivity (Wildman–Crippen MR) is 192 cm³/mol. The van der Waals surface area contributed by atoms with Gasteiger partial charge in [0.25, 0.3) is 0 Å². The first-order chi connectivity index (χ1) is 23.8. The molecule has 0 spiro atoms. The van der Waals surface area contributed by atoms with Crippen molar-refractivity contribution in [3.8, 4) is 39.7 Å². The Morgan fingerprint density at radius 1 is 0.542 bits per heavy atom. The Morgan fingerprint density at radius 2 is 1.29 bits per heavy atom. The van der Waals surface area contributed by atoms with Crippen LogP contribution in [0.3, 0.4) is 0 Å². The van der Waals surface area contributed by atoms with Crippen molar-refractivity contribution in [1.29, 1.82) is 0 Å². The van der Waals surface area contributed by atoms with E-state index in [0.717, 1.165) is 61.1 Å². The third-order valence-electron chi connectivity index (χ3n) is 9.51. The molecule has 2 aliphatic rings. The number of furan rings is 1. The van der Waals surface area contributed by atoms with E-state index in [9.17, 15) is 0 Å². The molecular weight excluding hydrogens is 590 g/mol. The van der Waals surface area contributed by atoms with E-state index in [1.807, 2.05) is 60.7 Å². The molecule has 8 aromatic rings. The van der Waals surface area contributed by atoms with Gasteiger partial charge in [0.05, 0.1) is 5.92 Å². The molecule has 6 aromatic carbocycles. The Balaban J connectivity index is 1.18. The summed E-state index contributed by atoms with van der Waals surface area (Å²) in [7, 11) is 0. The second-order valence-electron chi connectivity index (χ2n) is 12.3. The van der Waals surface area contributed by atoms with Gasteiger partial charge < -0.3 is 9.15 Å². The van der Waals surface area contributed by atoms with Crippen LogP contribution >= 0.6 is 0 Å². The van der Waals surface area contributed by atoms with Crippen molar-refractivity contribution in [2.24, 2.45) is 0 Å². The number of allylic oxidation sites excluding steroid dienone is 2. The van der Waals surface area contributed by atoms with Gasteiger partial charge in [0.2, 0.25) is 0 Å². The van der Waals surface area contributed by atoms with E-state index in [0.29, 0.717) is 17.5 Å². The summed E-state index contributed by atoms with van der Waals surface area (Å²) in [5.41, 5.74) is 7.93. The molecular formula is C43H27N3O2. The molecule has 0 radical (unpaired) electrons. The summed E-state index contributed by atoms with van der Waals surface area (Å²) in [6.07, 6.45) is 6.16. The summed E-state index contributed by atoms with van der Waals surface area (Å²) in [6, 6.07) is 45.8. The van der Waals surface area contributed by atoms with Crippen LogP contribution in [0.25, 0.3) is 72.2 Å². The lowest BCUT2D eigenvalue weighted by Crippen LogP contribution is -2.21. The number of hydrogen-bond acceptors (Lipinski definition) is 5. The van der Waals surface area contributed by atoms with E-state index in [4.69, 9.17) is 24.1 Å². The Morgan fingerprint density at radius 3 is 2.23 bits per heavy atom. The SMILES string of the molecule is C1=CC2Oc3cccc(-c4ccc5ccccc5c4)c3C2C(c2nc(-c3ccccc3)nc(-c3cccc4oc5ccccc5c34)n2)=C1. The highest BCUT2D eigenvalue weighted by molar-refractivity contribution is 6.11. The van der Waals surface area contributed by atoms with Crippen LogP contribution < -0.4 is 4.74 Å². The molecule has 0 amide bonds. The first-order valence-corrected chi connectivity index (χ1v) is 16.2. The van der Waals surface area contributed by atoms with E-state index in [1.165, 1.54) is 10.8 Å². The molecule has 226 valence electrons. The highest BCUT2D eigenvalue weighted by Gasteiger charge is 2.40. The van der Waals surface area contributed by atoms with Crippen LogP contribution in [0, 0.1) is 0 Å². The zero-order chi connectivity index (χ0) is 31.6. The van der Waals surface area contributed by atoms with Gasteiger partial charge in [0.15, 0.2) is 17.5 Å². The van der Waals surface area contributed by atoms with Crippen molar-refractivity contribution in [2.75, 3.05) is 0 Å². The molecule has 10 rings (SSSR count). The van der Waals surface area contributed by atoms with Crippen LogP contribution in [0.15, 0.2) is 156 Å². The van der Waals surface area contributed by atoms with Crippen LogP contribution in [0.2, 0.25) is 0 Å². The zero-order valence-corrected chi connectivity index (χ0v) is 25.7. The molecule has 2 unspecified atom stereocenters. The zero-order valence-electron chi connectivity index (χ0n) is 25.7. The first kappa shape index (κ1) is 26.8. The smallest absolute Gasteiger partial charge is 0.164 e. The van der Waals surface area contributed by atoms with Gasteiger partial charge in [-0.25, -0.2) is 15.0 Å². The number of ether oxygens (including phenoxy) is 1. The molecule has 0 bridgehead atoms. The van der Waals surface area contributed by atoms with E-state index in [-0.39, 0.29) is 12.0 Å². The fourth-order valence-corrected chi connectivity index (χ4v) is 7.33. The molecule has 2 aromatic heterocycles. The Bertz CT molecular complexity index is 2620. The second-order valence-corrected chi connectivity index (χ2v) is 12.3. The fourth-order valence-electron chi connectivity index (χ4n) is 7.33. The van der Waals surface area contributed by atoms with Crippen molar-refractivity contribution < 1.29 is 9.15 Å². The summed E-state index contributed by atoms with van der Waals surface area (Å²) in [4.78, 5) is 15.5. The first-order valence-electron chi connectivity index (χ1n) is 16.2. The monoisotopic (exact) mass is 617 g/mol. The predicted octanol–water partition coefficient (Wildman–Crippen LogP) is 10.4. The highest BCUT2D eigenvalue weighted by atomic mass is 16.5. The summed E-state index contributed by atoms with van der Waals surface area (Å²) in [6.45, 7) is 0. The number of nitrogens with zero attached hydrogens (tertiary/aromatic N) is 3. The average Bonchev–Trinajstić information content (AvgIpc) is 3.73. The molecule has 48 heavy (non-hydrogen) atoms. The van der Waals surface area contributed by atoms with E-state index >= 15 is 0 Å². The largest absolute Gasteiger partial charge is 0.485 e. The van der Waals surface area contributed by atoms with Gasteiger partial charge in [-0.05, 0) is 52.2 Å². The van der Waals surface area contributed by atoms with Crippen LogP contribution in [-0.2, 0) is 0 Å². The van der Waals surface area contributed by atoms with Crippen LogP contribution in [0.5, 0.6) is 5.75 Å². The highest BCUT2D eigenvalue weighted by Crippen LogP contribution is 2.51. The van der Waals surface area contributed by atoms with Crippen molar-refractivity contribution in [1.82, 2.24) is 15.0 Å². The van der Waals surface area contributed by atoms with Gasteiger partial charge in [0, 0.05) is 33.0 Å². The average molecular weight is 618 g/mol.